The number of piperazine rings is 1. The van der Waals surface area contributed by atoms with E-state index >= 15 is 0 Å². The summed E-state index contributed by atoms with van der Waals surface area (Å²) in [4.78, 5) is 26.2. The van der Waals surface area contributed by atoms with Gasteiger partial charge in [0.05, 0.1) is 20.8 Å². The van der Waals surface area contributed by atoms with Gasteiger partial charge in [-0.05, 0) is 43.4 Å². The first-order valence-electron chi connectivity index (χ1n) is 12.5. The van der Waals surface area contributed by atoms with Crippen molar-refractivity contribution in [2.24, 2.45) is 0 Å². The summed E-state index contributed by atoms with van der Waals surface area (Å²) in [5.41, 5.74) is 0.991. The van der Waals surface area contributed by atoms with Gasteiger partial charge in [-0.2, -0.15) is 4.98 Å². The van der Waals surface area contributed by atoms with Crippen molar-refractivity contribution in [1.82, 2.24) is 19.8 Å². The van der Waals surface area contributed by atoms with Gasteiger partial charge in [0.15, 0.2) is 11.6 Å². The molecule has 2 heterocycles. The molecule has 0 radical (unpaired) electrons. The maximum absolute atomic E-state index is 14.7. The lowest BCUT2D eigenvalue weighted by Gasteiger charge is -2.32. The van der Waals surface area contributed by atoms with Gasteiger partial charge in [0.25, 0.3) is 0 Å². The molecule has 2 aromatic carbocycles. The molecule has 0 aliphatic carbocycles. The fourth-order valence-corrected chi connectivity index (χ4v) is 4.16. The van der Waals surface area contributed by atoms with Crippen LogP contribution in [-0.2, 0) is 6.54 Å². The van der Waals surface area contributed by atoms with Gasteiger partial charge in [0.1, 0.15) is 23.9 Å². The van der Waals surface area contributed by atoms with Gasteiger partial charge in [-0.3, -0.25) is 9.80 Å². The summed E-state index contributed by atoms with van der Waals surface area (Å²) in [6.45, 7) is 5.04. The molecule has 1 saturated heterocycles. The molecule has 4 rings (SSSR count). The van der Waals surface area contributed by atoms with Crippen LogP contribution in [0.15, 0.2) is 48.7 Å². The Morgan fingerprint density at radius 1 is 1.08 bits per heavy atom. The number of hydrogen-bond acceptors (Lipinski definition) is 9. The number of halogens is 1. The fourth-order valence-electron chi connectivity index (χ4n) is 4.16. The van der Waals surface area contributed by atoms with Crippen LogP contribution in [0, 0.1) is 5.82 Å². The van der Waals surface area contributed by atoms with Crippen LogP contribution in [0.1, 0.15) is 5.56 Å². The minimum absolute atomic E-state index is 0.0407. The Bertz CT molecular complexity index is 1270. The molecule has 0 unspecified atom stereocenters. The van der Waals surface area contributed by atoms with Crippen molar-refractivity contribution in [3.63, 3.8) is 0 Å². The van der Waals surface area contributed by atoms with E-state index in [0.29, 0.717) is 29.4 Å². The second-order valence-electron chi connectivity index (χ2n) is 9.05. The summed E-state index contributed by atoms with van der Waals surface area (Å²) < 4.78 is 31.0. The normalized spacial score (nSPS) is 14.1. The highest BCUT2D eigenvalue weighted by Gasteiger charge is 2.20. The number of ether oxygens (including phenoxy) is 3. The first-order valence-corrected chi connectivity index (χ1v) is 12.5. The van der Waals surface area contributed by atoms with Crippen LogP contribution in [0.4, 0.5) is 26.6 Å². The Morgan fingerprint density at radius 2 is 1.85 bits per heavy atom. The maximum atomic E-state index is 14.7. The number of rotatable bonds is 11. The van der Waals surface area contributed by atoms with E-state index in [1.54, 1.807) is 30.3 Å². The lowest BCUT2D eigenvalue weighted by Crippen LogP contribution is -2.45. The van der Waals surface area contributed by atoms with E-state index in [-0.39, 0.29) is 24.1 Å². The minimum Gasteiger partial charge on any atom is -0.497 e. The number of amides is 1. The lowest BCUT2D eigenvalue weighted by atomic mass is 10.1. The Labute approximate surface area is 226 Å². The molecule has 208 valence electrons. The van der Waals surface area contributed by atoms with Gasteiger partial charge < -0.3 is 29.5 Å². The summed E-state index contributed by atoms with van der Waals surface area (Å²) >= 11 is 0. The molecule has 1 aliphatic rings. The molecule has 2 N–H and O–H groups in total. The first kappa shape index (κ1) is 27.9. The molecule has 0 saturated carbocycles. The lowest BCUT2D eigenvalue weighted by molar-refractivity contribution is 0.132. The van der Waals surface area contributed by atoms with Gasteiger partial charge in [-0.1, -0.05) is 0 Å². The van der Waals surface area contributed by atoms with Gasteiger partial charge in [0, 0.05) is 56.2 Å². The van der Waals surface area contributed by atoms with E-state index in [9.17, 15) is 14.3 Å². The third-order valence-corrected chi connectivity index (χ3v) is 6.41. The molecule has 39 heavy (non-hydrogen) atoms. The van der Waals surface area contributed by atoms with E-state index in [2.05, 4.69) is 32.1 Å². The summed E-state index contributed by atoms with van der Waals surface area (Å²) in [6, 6.07) is 11.1. The molecule has 0 atom stereocenters. The topological polar surface area (TPSA) is 113 Å². The molecular formula is C27H33FN6O5. The number of anilines is 3. The van der Waals surface area contributed by atoms with E-state index in [1.807, 2.05) is 0 Å². The highest BCUT2D eigenvalue weighted by atomic mass is 19.1. The predicted octanol–water partition coefficient (Wildman–Crippen LogP) is 3.69. The average molecular weight is 541 g/mol. The molecule has 0 spiro atoms. The van der Waals surface area contributed by atoms with Crippen LogP contribution in [0.5, 0.6) is 17.2 Å². The number of nitrogens with one attached hydrogen (secondary N) is 1. The van der Waals surface area contributed by atoms with Crippen LogP contribution < -0.4 is 24.4 Å². The zero-order chi connectivity index (χ0) is 27.8. The van der Waals surface area contributed by atoms with Crippen molar-refractivity contribution in [3.8, 4) is 17.2 Å². The number of hydrogen-bond donors (Lipinski definition) is 2. The quantitative estimate of drug-likeness (QED) is 0.373. The Kier molecular flexibility index (Phi) is 9.34. The Hall–Kier alpha value is -4.16. The van der Waals surface area contributed by atoms with Crippen molar-refractivity contribution < 1.29 is 28.5 Å². The molecular weight excluding hydrogens is 507 g/mol. The van der Waals surface area contributed by atoms with E-state index in [0.717, 1.165) is 37.6 Å². The van der Waals surface area contributed by atoms with Crippen LogP contribution >= 0.6 is 0 Å². The standard InChI is InChI=1S/C27H33FN6O5/c1-32-10-12-33(13-11-32)14-15-39-24-6-4-20(17-22(24)28)30-26-29-9-8-25(31-26)34(27(35)36)18-19-16-21(37-2)5-7-23(19)38-3/h4-9,16-17H,10-15,18H2,1-3H3,(H,35,36)(H,29,30,31). The van der Waals surface area contributed by atoms with Gasteiger partial charge in [-0.15, -0.1) is 0 Å². The van der Waals surface area contributed by atoms with Gasteiger partial charge in [0.2, 0.25) is 5.95 Å². The minimum atomic E-state index is -1.21. The van der Waals surface area contributed by atoms with Crippen molar-refractivity contribution in [1.29, 1.82) is 0 Å². The molecule has 11 nitrogen and oxygen atoms in total. The van der Waals surface area contributed by atoms with Crippen molar-refractivity contribution in [2.45, 2.75) is 6.54 Å². The van der Waals surface area contributed by atoms with Crippen LogP contribution in [-0.4, -0.2) is 91.6 Å². The van der Waals surface area contributed by atoms with Crippen molar-refractivity contribution in [2.75, 3.05) is 70.8 Å². The number of carbonyl (C=O) groups is 1. The average Bonchev–Trinajstić information content (AvgIpc) is 2.93. The number of methoxy groups -OCH3 is 2. The highest BCUT2D eigenvalue weighted by molar-refractivity contribution is 5.85. The molecule has 1 aromatic heterocycles. The van der Waals surface area contributed by atoms with Crippen molar-refractivity contribution >= 4 is 23.5 Å². The van der Waals surface area contributed by atoms with E-state index in [1.165, 1.54) is 32.5 Å². The number of nitrogens with zero attached hydrogens (tertiary/aromatic N) is 5. The van der Waals surface area contributed by atoms with Gasteiger partial charge >= 0.3 is 6.09 Å². The third kappa shape index (κ3) is 7.45. The number of benzene rings is 2. The summed E-state index contributed by atoms with van der Waals surface area (Å²) in [7, 11) is 5.13. The summed E-state index contributed by atoms with van der Waals surface area (Å²) in [6.07, 6.45) is 0.212. The van der Waals surface area contributed by atoms with E-state index < -0.39 is 11.9 Å². The second kappa shape index (κ2) is 13.1. The van der Waals surface area contributed by atoms with Gasteiger partial charge in [-0.25, -0.2) is 14.2 Å². The fraction of sp³-hybridized carbons (Fsp3) is 0.370. The number of carboxylic acid groups (broad SMARTS) is 1. The first-order chi connectivity index (χ1) is 18.9. The van der Waals surface area contributed by atoms with Crippen molar-refractivity contribution in [3.05, 3.63) is 60.0 Å². The zero-order valence-electron chi connectivity index (χ0n) is 22.3. The molecule has 1 aliphatic heterocycles. The summed E-state index contributed by atoms with van der Waals surface area (Å²) in [5.74, 6) is 0.958. The molecule has 0 bridgehead atoms. The SMILES string of the molecule is COc1ccc(OC)c(CN(C(=O)O)c2ccnc(Nc3ccc(OCCN4CCN(C)CC4)c(F)c3)n2)c1. The second-order valence-corrected chi connectivity index (χ2v) is 9.05. The highest BCUT2D eigenvalue weighted by Crippen LogP contribution is 2.28. The smallest absolute Gasteiger partial charge is 0.413 e. The Morgan fingerprint density at radius 3 is 2.54 bits per heavy atom. The zero-order valence-corrected chi connectivity index (χ0v) is 22.3. The van der Waals surface area contributed by atoms with E-state index in [4.69, 9.17) is 14.2 Å². The largest absolute Gasteiger partial charge is 0.497 e. The number of likely N-dealkylation sites (N-methyl/N-ethyl adjacent to an activating group) is 1. The van der Waals surface area contributed by atoms with Crippen LogP contribution in [0.2, 0.25) is 0 Å². The maximum Gasteiger partial charge on any atom is 0.413 e. The molecule has 12 heteroatoms. The Balaban J connectivity index is 1.41. The van der Waals surface area contributed by atoms with Crippen LogP contribution in [0.25, 0.3) is 0 Å². The molecule has 1 fully saturated rings. The third-order valence-electron chi connectivity index (χ3n) is 6.41. The van der Waals surface area contributed by atoms with Crippen LogP contribution in [0.3, 0.4) is 0 Å². The molecule has 3 aromatic rings. The predicted molar refractivity (Wildman–Crippen MR) is 145 cm³/mol. The summed E-state index contributed by atoms with van der Waals surface area (Å²) in [5, 5.41) is 12.8. The molecule has 1 amide bonds. The monoisotopic (exact) mass is 540 g/mol. The number of aromatic nitrogens is 2.